The van der Waals surface area contributed by atoms with Gasteiger partial charge in [0, 0.05) is 6.61 Å². The van der Waals surface area contributed by atoms with Crippen LogP contribution in [0.4, 0.5) is 0 Å². The minimum Gasteiger partial charge on any atom is -0.448 e. The number of hydrogen-bond acceptors (Lipinski definition) is 3. The van der Waals surface area contributed by atoms with Gasteiger partial charge >= 0.3 is 0 Å². The average Bonchev–Trinajstić information content (AvgIpc) is 2.60. The molecular formula is C8H10NO2. The van der Waals surface area contributed by atoms with Crippen LogP contribution < -0.4 is 0 Å². The van der Waals surface area contributed by atoms with E-state index in [0.29, 0.717) is 6.10 Å². The molecule has 1 aromatic rings. The zero-order chi connectivity index (χ0) is 7.52. The lowest BCUT2D eigenvalue weighted by Gasteiger charge is -2.04. The van der Waals surface area contributed by atoms with Crippen LogP contribution >= 0.6 is 0 Å². The Hall–Kier alpha value is -0.830. The lowest BCUT2D eigenvalue weighted by molar-refractivity contribution is 0.106. The van der Waals surface area contributed by atoms with E-state index in [9.17, 15) is 0 Å². The van der Waals surface area contributed by atoms with Crippen LogP contribution in [0.2, 0.25) is 0 Å². The maximum atomic E-state index is 5.41. The quantitative estimate of drug-likeness (QED) is 0.638. The summed E-state index contributed by atoms with van der Waals surface area (Å²) in [7, 11) is 0. The highest BCUT2D eigenvalue weighted by Gasteiger charge is 2.17. The van der Waals surface area contributed by atoms with Crippen LogP contribution in [-0.4, -0.2) is 17.7 Å². The molecule has 11 heavy (non-hydrogen) atoms. The molecule has 2 rings (SSSR count). The van der Waals surface area contributed by atoms with Crippen molar-refractivity contribution in [3.05, 3.63) is 18.4 Å². The molecule has 0 amide bonds. The maximum absolute atomic E-state index is 5.41. The Morgan fingerprint density at radius 1 is 1.73 bits per heavy atom. The predicted molar refractivity (Wildman–Crippen MR) is 38.0 cm³/mol. The van der Waals surface area contributed by atoms with Gasteiger partial charge in [0.2, 0.25) is 0 Å². The molecule has 0 saturated carbocycles. The van der Waals surface area contributed by atoms with E-state index in [2.05, 4.69) is 11.2 Å². The van der Waals surface area contributed by atoms with Crippen molar-refractivity contribution >= 4 is 0 Å². The molecule has 1 aromatic heterocycles. The first-order chi connectivity index (χ1) is 5.45. The van der Waals surface area contributed by atoms with E-state index in [1.165, 1.54) is 6.26 Å². The van der Waals surface area contributed by atoms with Gasteiger partial charge in [0.1, 0.15) is 12.5 Å². The minimum absolute atomic E-state index is 0.321. The number of ether oxygens (including phenoxy) is 1. The summed E-state index contributed by atoms with van der Waals surface area (Å²) in [5.74, 6) is 0.733. The summed E-state index contributed by atoms with van der Waals surface area (Å²) < 4.78 is 10.5. The van der Waals surface area contributed by atoms with Gasteiger partial charge in [-0.15, -0.1) is 0 Å². The third-order valence-corrected chi connectivity index (χ3v) is 1.86. The van der Waals surface area contributed by atoms with Crippen LogP contribution in [0, 0.1) is 6.20 Å². The highest BCUT2D eigenvalue weighted by molar-refractivity contribution is 4.83. The molecule has 0 spiro atoms. The minimum atomic E-state index is 0.321. The highest BCUT2D eigenvalue weighted by Crippen LogP contribution is 2.15. The van der Waals surface area contributed by atoms with Crippen LogP contribution in [0.25, 0.3) is 0 Å². The zero-order valence-electron chi connectivity index (χ0n) is 6.25. The van der Waals surface area contributed by atoms with Crippen molar-refractivity contribution in [2.45, 2.75) is 25.4 Å². The lowest BCUT2D eigenvalue weighted by Crippen LogP contribution is -2.08. The van der Waals surface area contributed by atoms with Crippen molar-refractivity contribution in [1.82, 2.24) is 4.98 Å². The summed E-state index contributed by atoms with van der Waals surface area (Å²) >= 11 is 0. The van der Waals surface area contributed by atoms with Gasteiger partial charge in [0.15, 0.2) is 5.89 Å². The summed E-state index contributed by atoms with van der Waals surface area (Å²) in [5, 5.41) is 0. The number of rotatable bonds is 2. The smallest absolute Gasteiger partial charge is 0.197 e. The van der Waals surface area contributed by atoms with Crippen molar-refractivity contribution in [2.75, 3.05) is 6.61 Å². The Morgan fingerprint density at radius 2 is 2.73 bits per heavy atom. The second kappa shape index (κ2) is 3.05. The molecule has 0 aliphatic carbocycles. The number of aromatic nitrogens is 1. The number of nitrogens with zero attached hydrogens (tertiary/aromatic N) is 1. The second-order valence-electron chi connectivity index (χ2n) is 2.71. The molecule has 1 atom stereocenters. The van der Waals surface area contributed by atoms with E-state index in [4.69, 9.17) is 9.15 Å². The van der Waals surface area contributed by atoms with E-state index in [-0.39, 0.29) is 0 Å². The predicted octanol–water partition coefficient (Wildman–Crippen LogP) is 1.20. The van der Waals surface area contributed by atoms with Gasteiger partial charge in [-0.25, -0.2) is 4.98 Å². The van der Waals surface area contributed by atoms with E-state index in [1.54, 1.807) is 0 Å². The van der Waals surface area contributed by atoms with E-state index in [0.717, 1.165) is 31.8 Å². The van der Waals surface area contributed by atoms with Crippen LogP contribution in [0.3, 0.4) is 0 Å². The van der Waals surface area contributed by atoms with Gasteiger partial charge in [0.25, 0.3) is 0 Å². The van der Waals surface area contributed by atoms with Crippen LogP contribution in [-0.2, 0) is 11.2 Å². The first-order valence-electron chi connectivity index (χ1n) is 3.87. The molecule has 1 saturated heterocycles. The molecule has 1 radical (unpaired) electrons. The third-order valence-electron chi connectivity index (χ3n) is 1.86. The Balaban J connectivity index is 1.90. The van der Waals surface area contributed by atoms with E-state index >= 15 is 0 Å². The van der Waals surface area contributed by atoms with Crippen molar-refractivity contribution in [2.24, 2.45) is 0 Å². The van der Waals surface area contributed by atoms with E-state index < -0.39 is 0 Å². The topological polar surface area (TPSA) is 35.3 Å². The normalized spacial score (nSPS) is 24.2. The van der Waals surface area contributed by atoms with Gasteiger partial charge < -0.3 is 9.15 Å². The fraction of sp³-hybridized carbons (Fsp3) is 0.625. The SMILES string of the molecule is [c]1coc(CC2CCCO2)n1. The Bertz CT molecular complexity index is 202. The van der Waals surface area contributed by atoms with Gasteiger partial charge in [-0.2, -0.15) is 0 Å². The Morgan fingerprint density at radius 3 is 3.36 bits per heavy atom. The molecule has 0 N–H and O–H groups in total. The van der Waals surface area contributed by atoms with Gasteiger partial charge in [-0.1, -0.05) is 0 Å². The largest absolute Gasteiger partial charge is 0.448 e. The molecule has 1 aliphatic rings. The van der Waals surface area contributed by atoms with E-state index in [1.807, 2.05) is 0 Å². The van der Waals surface area contributed by atoms with Crippen molar-refractivity contribution in [1.29, 1.82) is 0 Å². The van der Waals surface area contributed by atoms with Crippen LogP contribution in [0.15, 0.2) is 10.7 Å². The summed E-state index contributed by atoms with van der Waals surface area (Å²) in [6, 6.07) is 0. The summed E-state index contributed by atoms with van der Waals surface area (Å²) in [6.45, 7) is 0.884. The zero-order valence-corrected chi connectivity index (χ0v) is 6.25. The van der Waals surface area contributed by atoms with Crippen LogP contribution in [0.1, 0.15) is 18.7 Å². The van der Waals surface area contributed by atoms with Gasteiger partial charge in [0.05, 0.1) is 12.5 Å². The summed E-state index contributed by atoms with van der Waals surface area (Å²) in [5.41, 5.74) is 0. The Labute approximate surface area is 65.4 Å². The lowest BCUT2D eigenvalue weighted by atomic mass is 10.2. The monoisotopic (exact) mass is 152 g/mol. The molecule has 1 fully saturated rings. The summed E-state index contributed by atoms with van der Waals surface area (Å²) in [6.07, 6.45) is 7.51. The second-order valence-corrected chi connectivity index (χ2v) is 2.71. The molecule has 2 heterocycles. The fourth-order valence-corrected chi connectivity index (χ4v) is 1.31. The maximum Gasteiger partial charge on any atom is 0.197 e. The molecule has 0 bridgehead atoms. The number of hydrogen-bond donors (Lipinski definition) is 0. The van der Waals surface area contributed by atoms with Crippen LogP contribution in [0.5, 0.6) is 0 Å². The summed E-state index contributed by atoms with van der Waals surface area (Å²) in [4.78, 5) is 3.91. The first kappa shape index (κ1) is 6.85. The molecule has 0 aromatic carbocycles. The molecule has 1 unspecified atom stereocenters. The van der Waals surface area contributed by atoms with Gasteiger partial charge in [-0.3, -0.25) is 0 Å². The highest BCUT2D eigenvalue weighted by atomic mass is 16.5. The van der Waals surface area contributed by atoms with Crippen molar-refractivity contribution < 1.29 is 9.15 Å². The standard InChI is InChI=1S/C8H10NO2/c1-2-7(10-4-1)6-8-9-3-5-11-8/h5,7H,1-2,4,6H2. The van der Waals surface area contributed by atoms with Gasteiger partial charge in [-0.05, 0) is 12.8 Å². The third kappa shape index (κ3) is 1.60. The molecule has 3 heteroatoms. The first-order valence-corrected chi connectivity index (χ1v) is 3.87. The van der Waals surface area contributed by atoms with Crippen molar-refractivity contribution in [3.8, 4) is 0 Å². The molecular weight excluding hydrogens is 142 g/mol. The molecule has 59 valence electrons. The number of oxazole rings is 1. The fourth-order valence-electron chi connectivity index (χ4n) is 1.31. The Kier molecular flexibility index (Phi) is 1.90. The van der Waals surface area contributed by atoms with Crippen molar-refractivity contribution in [3.63, 3.8) is 0 Å². The molecule has 3 nitrogen and oxygen atoms in total. The average molecular weight is 152 g/mol. The molecule has 1 aliphatic heterocycles.